The second-order valence-corrected chi connectivity index (χ2v) is 7.53. The zero-order valence-electron chi connectivity index (χ0n) is 15.6. The fraction of sp³-hybridized carbons (Fsp3) is 0.0625. The Morgan fingerprint density at radius 3 is 2.31 bits per heavy atom. The topological polar surface area (TPSA) is 120 Å². The Morgan fingerprint density at radius 2 is 1.72 bits per heavy atom. The van der Waals surface area contributed by atoms with E-state index < -0.39 is 20.6 Å². The summed E-state index contributed by atoms with van der Waals surface area (Å²) in [5, 5.41) is 10.2. The summed E-state index contributed by atoms with van der Waals surface area (Å²) in [6.45, 7) is 1.61. The van der Waals surface area contributed by atoms with Gasteiger partial charge in [-0.05, 0) is 24.7 Å². The number of halogens is 2. The third-order valence-electron chi connectivity index (χ3n) is 3.52. The van der Waals surface area contributed by atoms with Crippen molar-refractivity contribution in [1.29, 1.82) is 0 Å². The van der Waals surface area contributed by atoms with E-state index in [9.17, 15) is 17.8 Å². The smallest absolute Gasteiger partial charge is 0.744 e. The van der Waals surface area contributed by atoms with Crippen LogP contribution in [0, 0.1) is 13.0 Å². The molecule has 1 heterocycles. The van der Waals surface area contributed by atoms with Crippen LogP contribution in [0.1, 0.15) is 5.69 Å². The Labute approximate surface area is 220 Å². The molecule has 1 N–H and O–H groups in total. The molecule has 0 saturated heterocycles. The van der Waals surface area contributed by atoms with Crippen molar-refractivity contribution < 1.29 is 72.1 Å². The van der Waals surface area contributed by atoms with E-state index >= 15 is 0 Å². The van der Waals surface area contributed by atoms with Crippen molar-refractivity contribution in [3.05, 3.63) is 68.6 Å². The summed E-state index contributed by atoms with van der Waals surface area (Å²) in [6.07, 6.45) is 0. The van der Waals surface area contributed by atoms with E-state index in [0.29, 0.717) is 11.4 Å². The van der Waals surface area contributed by atoms with Crippen LogP contribution in [0.15, 0.2) is 56.3 Å². The van der Waals surface area contributed by atoms with Crippen LogP contribution in [0.2, 0.25) is 10.0 Å². The number of benzene rings is 2. The number of H-pyrrole nitrogens is 1. The molecule has 3 rings (SSSR count). The van der Waals surface area contributed by atoms with Crippen molar-refractivity contribution in [1.82, 2.24) is 9.78 Å². The number of hydrogen-bond acceptors (Lipinski definition) is 6. The molecule has 2 aromatic carbocycles. The average molecular weight is 471 g/mol. The SMILES string of the molecule is Cc1[nH]n(-c2cc(Cl)c(S(=O)(=O)[O-])cc2Cl)c(=O)c1N=Nc1cc[c-]cc1.[Na+].[Na+]. The number of nitrogens with one attached hydrogen (secondary N) is 1. The summed E-state index contributed by atoms with van der Waals surface area (Å²) in [5.41, 5.74) is 0.466. The minimum Gasteiger partial charge on any atom is -0.744 e. The van der Waals surface area contributed by atoms with Gasteiger partial charge in [-0.25, -0.2) is 13.1 Å². The van der Waals surface area contributed by atoms with Gasteiger partial charge in [0.2, 0.25) is 0 Å². The van der Waals surface area contributed by atoms with Gasteiger partial charge in [0.25, 0.3) is 5.56 Å². The van der Waals surface area contributed by atoms with E-state index in [1.807, 2.05) is 0 Å². The predicted octanol–water partition coefficient (Wildman–Crippen LogP) is -2.09. The molecule has 140 valence electrons. The van der Waals surface area contributed by atoms with Crippen LogP contribution in [0.5, 0.6) is 0 Å². The predicted molar refractivity (Wildman–Crippen MR) is 98.6 cm³/mol. The van der Waals surface area contributed by atoms with Gasteiger partial charge in [-0.2, -0.15) is 23.3 Å². The summed E-state index contributed by atoms with van der Waals surface area (Å²) in [4.78, 5) is 12.0. The van der Waals surface area contributed by atoms with Gasteiger partial charge in [-0.3, -0.25) is 9.89 Å². The third-order valence-corrected chi connectivity index (χ3v) is 5.12. The number of aromatic amines is 1. The van der Waals surface area contributed by atoms with E-state index in [1.54, 1.807) is 31.2 Å². The molecule has 0 aliphatic heterocycles. The standard InChI is InChI=1S/C16H11Cl2N4O4S.2Na/c1-9-15(20-19-10-5-3-2-4-6-10)16(23)22(21-9)13-7-12(18)14(8-11(13)17)27(24,25)26;;/h3-8,21H,1H3,(H,24,25,26);;/q-1;2*+1/p-1. The molecule has 0 spiro atoms. The Kier molecular flexibility index (Phi) is 9.82. The van der Waals surface area contributed by atoms with Crippen molar-refractivity contribution >= 4 is 44.7 Å². The Morgan fingerprint density at radius 1 is 1.10 bits per heavy atom. The van der Waals surface area contributed by atoms with Gasteiger partial charge in [0.05, 0.1) is 26.3 Å². The van der Waals surface area contributed by atoms with Gasteiger partial charge >= 0.3 is 59.1 Å². The summed E-state index contributed by atoms with van der Waals surface area (Å²) in [6, 6.07) is 11.5. The van der Waals surface area contributed by atoms with Crippen LogP contribution in [0.3, 0.4) is 0 Å². The van der Waals surface area contributed by atoms with Crippen LogP contribution in [-0.2, 0) is 10.1 Å². The van der Waals surface area contributed by atoms with E-state index in [0.717, 1.165) is 16.8 Å². The fourth-order valence-electron chi connectivity index (χ4n) is 2.26. The number of azo groups is 1. The number of aromatic nitrogens is 2. The molecule has 0 bridgehead atoms. The van der Waals surface area contributed by atoms with Crippen LogP contribution in [0.4, 0.5) is 11.4 Å². The minimum atomic E-state index is -4.81. The summed E-state index contributed by atoms with van der Waals surface area (Å²) < 4.78 is 34.6. The maximum absolute atomic E-state index is 12.6. The second-order valence-electron chi connectivity index (χ2n) is 5.37. The van der Waals surface area contributed by atoms with Gasteiger partial charge in [0.1, 0.15) is 10.1 Å². The average Bonchev–Trinajstić information content (AvgIpc) is 2.89. The molecule has 13 heteroatoms. The van der Waals surface area contributed by atoms with Gasteiger partial charge in [0.15, 0.2) is 5.69 Å². The molecule has 0 amide bonds. The maximum atomic E-state index is 12.6. The van der Waals surface area contributed by atoms with Gasteiger partial charge in [-0.1, -0.05) is 23.2 Å². The van der Waals surface area contributed by atoms with Gasteiger partial charge < -0.3 is 4.55 Å². The Bertz CT molecular complexity index is 1210. The molecule has 3 aromatic rings. The molecule has 8 nitrogen and oxygen atoms in total. The third kappa shape index (κ3) is 6.04. The zero-order chi connectivity index (χ0) is 19.8. The number of nitrogens with zero attached hydrogens (tertiary/aromatic N) is 3. The first kappa shape index (κ1) is 26.6. The van der Waals surface area contributed by atoms with Crippen molar-refractivity contribution in [2.24, 2.45) is 10.2 Å². The molecular formula is C16H10Cl2N4Na2O4S. The van der Waals surface area contributed by atoms with E-state index in [1.165, 1.54) is 0 Å². The van der Waals surface area contributed by atoms with Crippen molar-refractivity contribution in [3.63, 3.8) is 0 Å². The normalized spacial score (nSPS) is 11.2. The van der Waals surface area contributed by atoms with Gasteiger partial charge in [-0.15, -0.1) is 17.2 Å². The number of rotatable bonds is 4. The van der Waals surface area contributed by atoms with E-state index in [-0.39, 0.29) is 80.5 Å². The molecular weight excluding hydrogens is 461 g/mol. The Hall–Kier alpha value is -0.460. The molecule has 0 unspecified atom stereocenters. The van der Waals surface area contributed by atoms with E-state index in [4.69, 9.17) is 23.2 Å². The summed E-state index contributed by atoms with van der Waals surface area (Å²) >= 11 is 11.9. The molecule has 0 aliphatic rings. The fourth-order valence-corrected chi connectivity index (χ4v) is 3.57. The Balaban J connectivity index is 0.00000210. The number of hydrogen-bond donors (Lipinski definition) is 1. The number of aryl methyl sites for hydroxylation is 1. The van der Waals surface area contributed by atoms with E-state index in [2.05, 4.69) is 21.4 Å². The first-order valence-corrected chi connectivity index (χ1v) is 9.49. The molecule has 0 saturated carbocycles. The zero-order valence-corrected chi connectivity index (χ0v) is 21.9. The maximum Gasteiger partial charge on any atom is 1.00 e. The molecule has 0 atom stereocenters. The molecule has 29 heavy (non-hydrogen) atoms. The molecule has 1 aromatic heterocycles. The van der Waals surface area contributed by atoms with Crippen LogP contribution in [-0.4, -0.2) is 22.8 Å². The quantitative estimate of drug-likeness (QED) is 0.203. The van der Waals surface area contributed by atoms with Crippen LogP contribution >= 0.6 is 23.2 Å². The van der Waals surface area contributed by atoms with Crippen LogP contribution < -0.4 is 64.7 Å². The van der Waals surface area contributed by atoms with Crippen molar-refractivity contribution in [3.8, 4) is 5.69 Å². The molecule has 0 radical (unpaired) electrons. The van der Waals surface area contributed by atoms with Crippen molar-refractivity contribution in [2.45, 2.75) is 11.8 Å². The first-order valence-electron chi connectivity index (χ1n) is 7.33. The largest absolute Gasteiger partial charge is 1.00 e. The first-order chi connectivity index (χ1) is 12.7. The summed E-state index contributed by atoms with van der Waals surface area (Å²) in [5.74, 6) is 0. The summed E-state index contributed by atoms with van der Waals surface area (Å²) in [7, 11) is -4.81. The van der Waals surface area contributed by atoms with Crippen LogP contribution in [0.25, 0.3) is 5.69 Å². The molecule has 0 aliphatic carbocycles. The van der Waals surface area contributed by atoms with Crippen molar-refractivity contribution in [2.75, 3.05) is 0 Å². The molecule has 0 fully saturated rings. The minimum absolute atomic E-state index is 0. The second kappa shape index (κ2) is 10.7. The van der Waals surface area contributed by atoms with Gasteiger partial charge in [0, 0.05) is 0 Å². The monoisotopic (exact) mass is 470 g/mol.